The summed E-state index contributed by atoms with van der Waals surface area (Å²) < 4.78 is 5.88. The van der Waals surface area contributed by atoms with Gasteiger partial charge in [0.15, 0.2) is 0 Å². The van der Waals surface area contributed by atoms with Gasteiger partial charge in [-0.05, 0) is 25.3 Å². The number of nitrogens with zero attached hydrogens (tertiary/aromatic N) is 4. The molecule has 0 radical (unpaired) electrons. The number of nitrogens with one attached hydrogen (secondary N) is 2. The van der Waals surface area contributed by atoms with Gasteiger partial charge in [0.05, 0.1) is 24.9 Å². The Labute approximate surface area is 179 Å². The first kappa shape index (κ1) is 22.3. The van der Waals surface area contributed by atoms with Gasteiger partial charge in [0.25, 0.3) is 12.4 Å². The van der Waals surface area contributed by atoms with Crippen molar-refractivity contribution in [2.45, 2.75) is 37.8 Å². The van der Waals surface area contributed by atoms with Crippen molar-refractivity contribution in [2.24, 2.45) is 5.92 Å². The fourth-order valence-electron chi connectivity index (χ4n) is 4.05. The summed E-state index contributed by atoms with van der Waals surface area (Å²) in [5, 5.41) is 16.7. The highest BCUT2D eigenvalue weighted by molar-refractivity contribution is 5.92. The maximum Gasteiger partial charge on any atom is 0.290 e. The van der Waals surface area contributed by atoms with Crippen LogP contribution in [0.25, 0.3) is 0 Å². The van der Waals surface area contributed by atoms with E-state index in [9.17, 15) is 9.59 Å². The Morgan fingerprint density at radius 3 is 2.87 bits per heavy atom. The second kappa shape index (κ2) is 11.2. The number of ether oxygens (including phenoxy) is 1. The summed E-state index contributed by atoms with van der Waals surface area (Å²) in [6.45, 7) is 1.32. The van der Waals surface area contributed by atoms with Crippen LogP contribution in [0.5, 0.6) is 0 Å². The van der Waals surface area contributed by atoms with E-state index in [4.69, 9.17) is 14.6 Å². The summed E-state index contributed by atoms with van der Waals surface area (Å²) in [5.41, 5.74) is 1.32. The van der Waals surface area contributed by atoms with Crippen molar-refractivity contribution in [3.05, 3.63) is 42.2 Å². The van der Waals surface area contributed by atoms with Gasteiger partial charge in [0.1, 0.15) is 5.69 Å². The van der Waals surface area contributed by atoms with Gasteiger partial charge in [0.2, 0.25) is 5.91 Å². The lowest BCUT2D eigenvalue weighted by molar-refractivity contribution is -0.131. The van der Waals surface area contributed by atoms with Crippen molar-refractivity contribution in [3.63, 3.8) is 0 Å². The Balaban J connectivity index is 0.000000858. The summed E-state index contributed by atoms with van der Waals surface area (Å²) in [6.07, 6.45) is 9.07. The largest absolute Gasteiger partial charge is 0.483 e. The molecule has 11 heteroatoms. The third-order valence-electron chi connectivity index (χ3n) is 5.49. The van der Waals surface area contributed by atoms with E-state index in [1.165, 1.54) is 12.4 Å². The van der Waals surface area contributed by atoms with Gasteiger partial charge < -0.3 is 20.1 Å². The SMILES string of the molecule is O=C(NCCc1ccn[nH]1)[C@H]1CC[C@H]2OCCN(C(=O)c3cnccn3)[C@@H]2C1.O=CO. The van der Waals surface area contributed by atoms with Crippen LogP contribution in [0.1, 0.15) is 35.4 Å². The summed E-state index contributed by atoms with van der Waals surface area (Å²) >= 11 is 0. The number of morpholine rings is 1. The van der Waals surface area contributed by atoms with E-state index >= 15 is 0 Å². The Morgan fingerprint density at radius 2 is 2.16 bits per heavy atom. The van der Waals surface area contributed by atoms with E-state index in [1.54, 1.807) is 12.4 Å². The lowest BCUT2D eigenvalue weighted by Gasteiger charge is -2.45. The van der Waals surface area contributed by atoms with E-state index in [2.05, 4.69) is 25.5 Å². The third kappa shape index (κ3) is 5.85. The fourth-order valence-corrected chi connectivity index (χ4v) is 4.05. The van der Waals surface area contributed by atoms with Crippen LogP contribution in [0.15, 0.2) is 30.9 Å². The van der Waals surface area contributed by atoms with Gasteiger partial charge in [-0.1, -0.05) is 0 Å². The van der Waals surface area contributed by atoms with Crippen LogP contribution in [0.2, 0.25) is 0 Å². The first-order valence-electron chi connectivity index (χ1n) is 10.2. The quantitative estimate of drug-likeness (QED) is 0.572. The first-order chi connectivity index (χ1) is 15.1. The number of aromatic amines is 1. The molecular formula is C20H26N6O5. The normalized spacial score (nSPS) is 22.5. The number of amides is 2. The van der Waals surface area contributed by atoms with Crippen LogP contribution < -0.4 is 5.32 Å². The van der Waals surface area contributed by atoms with Crippen LogP contribution in [0.4, 0.5) is 0 Å². The highest BCUT2D eigenvalue weighted by Gasteiger charge is 2.42. The van der Waals surface area contributed by atoms with Crippen molar-refractivity contribution in [2.75, 3.05) is 19.7 Å². The molecule has 11 nitrogen and oxygen atoms in total. The molecule has 3 heterocycles. The topological polar surface area (TPSA) is 150 Å². The number of rotatable bonds is 5. The van der Waals surface area contributed by atoms with Crippen LogP contribution >= 0.6 is 0 Å². The average Bonchev–Trinajstić information content (AvgIpc) is 3.32. The van der Waals surface area contributed by atoms with E-state index in [-0.39, 0.29) is 36.4 Å². The van der Waals surface area contributed by atoms with Gasteiger partial charge in [-0.25, -0.2) is 4.98 Å². The maximum atomic E-state index is 12.9. The zero-order chi connectivity index (χ0) is 22.1. The van der Waals surface area contributed by atoms with Crippen LogP contribution in [-0.2, 0) is 20.7 Å². The Kier molecular flexibility index (Phi) is 8.05. The molecule has 0 spiro atoms. The molecule has 1 saturated carbocycles. The minimum absolute atomic E-state index is 0.0246. The van der Waals surface area contributed by atoms with Crippen molar-refractivity contribution >= 4 is 18.3 Å². The van der Waals surface area contributed by atoms with Crippen LogP contribution in [0.3, 0.4) is 0 Å². The third-order valence-corrected chi connectivity index (χ3v) is 5.49. The monoisotopic (exact) mass is 430 g/mol. The zero-order valence-corrected chi connectivity index (χ0v) is 17.0. The summed E-state index contributed by atoms with van der Waals surface area (Å²) in [6, 6.07) is 1.78. The standard InChI is InChI=1S/C19H24N6O3.CH2O2/c26-18(22-5-3-14-4-6-23-24-14)13-1-2-17-16(11-13)25(9-10-28-17)19(27)15-12-20-7-8-21-15;2-1-3/h4,6-8,12-13,16-17H,1-3,5,9-11H2,(H,22,26)(H,23,24);1H,(H,2,3)/t13-,16+,17+;/m0./s1. The molecule has 0 bridgehead atoms. The highest BCUT2D eigenvalue weighted by Crippen LogP contribution is 2.33. The predicted molar refractivity (Wildman–Crippen MR) is 108 cm³/mol. The molecule has 0 unspecified atom stereocenters. The van der Waals surface area contributed by atoms with Gasteiger partial charge in [-0.2, -0.15) is 5.10 Å². The number of hydrogen-bond acceptors (Lipinski definition) is 7. The van der Waals surface area contributed by atoms with Gasteiger partial charge in [-0.15, -0.1) is 0 Å². The number of aromatic nitrogens is 4. The number of fused-ring (bicyclic) bond motifs is 1. The number of H-pyrrole nitrogens is 1. The number of carbonyl (C=O) groups is 3. The molecule has 3 N–H and O–H groups in total. The second-order valence-electron chi connectivity index (χ2n) is 7.30. The summed E-state index contributed by atoms with van der Waals surface area (Å²) in [5.74, 6) is -0.232. The number of carbonyl (C=O) groups excluding carboxylic acids is 2. The van der Waals surface area contributed by atoms with E-state index in [0.717, 1.165) is 18.5 Å². The molecule has 3 atom stereocenters. The van der Waals surface area contributed by atoms with Gasteiger partial charge >= 0.3 is 0 Å². The molecule has 2 aromatic heterocycles. The molecule has 2 aliphatic rings. The molecular weight excluding hydrogens is 404 g/mol. The molecule has 0 aromatic carbocycles. The predicted octanol–water partition coefficient (Wildman–Crippen LogP) is 0.269. The zero-order valence-electron chi connectivity index (χ0n) is 17.0. The number of hydrogen-bond donors (Lipinski definition) is 3. The van der Waals surface area contributed by atoms with Crippen LogP contribution in [0, 0.1) is 5.92 Å². The minimum atomic E-state index is -0.250. The smallest absolute Gasteiger partial charge is 0.290 e. The maximum absolute atomic E-state index is 12.9. The Morgan fingerprint density at radius 1 is 1.32 bits per heavy atom. The molecule has 1 saturated heterocycles. The molecule has 1 aliphatic heterocycles. The van der Waals surface area contributed by atoms with Gasteiger partial charge in [0, 0.05) is 49.7 Å². The molecule has 2 fully saturated rings. The van der Waals surface area contributed by atoms with Crippen molar-refractivity contribution in [1.29, 1.82) is 0 Å². The molecule has 31 heavy (non-hydrogen) atoms. The van der Waals surface area contributed by atoms with Crippen LogP contribution in [-0.4, -0.2) is 80.3 Å². The fraction of sp³-hybridized carbons (Fsp3) is 0.500. The lowest BCUT2D eigenvalue weighted by Crippen LogP contribution is -2.57. The first-order valence-corrected chi connectivity index (χ1v) is 10.2. The number of carboxylic acid groups (broad SMARTS) is 1. The van der Waals surface area contributed by atoms with Crippen molar-refractivity contribution < 1.29 is 24.2 Å². The lowest BCUT2D eigenvalue weighted by atomic mass is 9.81. The van der Waals surface area contributed by atoms with E-state index < -0.39 is 0 Å². The van der Waals surface area contributed by atoms with Crippen molar-refractivity contribution in [3.8, 4) is 0 Å². The average molecular weight is 430 g/mol. The van der Waals surface area contributed by atoms with Crippen molar-refractivity contribution in [1.82, 2.24) is 30.4 Å². The Hall–Kier alpha value is -3.34. The molecule has 166 valence electrons. The molecule has 1 aliphatic carbocycles. The highest BCUT2D eigenvalue weighted by atomic mass is 16.5. The molecule has 4 rings (SSSR count). The van der Waals surface area contributed by atoms with E-state index in [0.29, 0.717) is 38.2 Å². The molecule has 2 aromatic rings. The molecule has 2 amide bonds. The minimum Gasteiger partial charge on any atom is -0.483 e. The summed E-state index contributed by atoms with van der Waals surface area (Å²) in [7, 11) is 0. The van der Waals surface area contributed by atoms with E-state index in [1.807, 2.05) is 11.0 Å². The summed E-state index contributed by atoms with van der Waals surface area (Å²) in [4.78, 5) is 43.8. The van der Waals surface area contributed by atoms with Gasteiger partial charge in [-0.3, -0.25) is 24.5 Å². The Bertz CT molecular complexity index is 847. The second-order valence-corrected chi connectivity index (χ2v) is 7.30.